The number of ether oxygens (including phenoxy) is 1. The summed E-state index contributed by atoms with van der Waals surface area (Å²) in [6.07, 6.45) is -0.0486. The SMILES string of the molecule is CC(C)C1C(=O)O[C@H](c2cccs2)[C@H](C)C1C. The first-order chi connectivity index (χ1) is 8.02. The van der Waals surface area contributed by atoms with Crippen molar-refractivity contribution >= 4 is 17.3 Å². The van der Waals surface area contributed by atoms with Gasteiger partial charge in [0.05, 0.1) is 5.92 Å². The van der Waals surface area contributed by atoms with Crippen LogP contribution in [0.3, 0.4) is 0 Å². The number of thiophene rings is 1. The molecule has 3 heteroatoms. The standard InChI is InChI=1S/C14H20O2S/c1-8(2)12-9(3)10(4)13(16-14(12)15)11-6-5-7-17-11/h5-10,12-13H,1-4H3/t9?,10-,12?,13+/m1/s1. The summed E-state index contributed by atoms with van der Waals surface area (Å²) in [5.74, 6) is 1.14. The Bertz CT molecular complexity index is 383. The fraction of sp³-hybridized carbons (Fsp3) is 0.643. The maximum absolute atomic E-state index is 12.1. The molecule has 4 atom stereocenters. The minimum Gasteiger partial charge on any atom is -0.456 e. The number of hydrogen-bond acceptors (Lipinski definition) is 3. The Hall–Kier alpha value is -0.830. The topological polar surface area (TPSA) is 26.3 Å². The summed E-state index contributed by atoms with van der Waals surface area (Å²) in [6.45, 7) is 8.56. The molecule has 0 radical (unpaired) electrons. The van der Waals surface area contributed by atoms with E-state index in [1.807, 2.05) is 11.4 Å². The van der Waals surface area contributed by atoms with Crippen LogP contribution < -0.4 is 0 Å². The summed E-state index contributed by atoms with van der Waals surface area (Å²) < 4.78 is 5.66. The molecule has 2 rings (SSSR count). The third kappa shape index (κ3) is 2.25. The third-order valence-electron chi connectivity index (χ3n) is 3.93. The summed E-state index contributed by atoms with van der Waals surface area (Å²) >= 11 is 1.67. The van der Waals surface area contributed by atoms with Crippen molar-refractivity contribution in [1.29, 1.82) is 0 Å². The van der Waals surface area contributed by atoms with Crippen LogP contribution in [0.5, 0.6) is 0 Å². The zero-order valence-corrected chi connectivity index (χ0v) is 11.7. The Balaban J connectivity index is 2.23. The van der Waals surface area contributed by atoms with Crippen molar-refractivity contribution in [2.45, 2.75) is 33.8 Å². The van der Waals surface area contributed by atoms with Crippen LogP contribution in [0.2, 0.25) is 0 Å². The lowest BCUT2D eigenvalue weighted by Gasteiger charge is -2.40. The van der Waals surface area contributed by atoms with Gasteiger partial charge >= 0.3 is 5.97 Å². The van der Waals surface area contributed by atoms with Gasteiger partial charge in [0, 0.05) is 10.8 Å². The van der Waals surface area contributed by atoms with Gasteiger partial charge in [-0.2, -0.15) is 0 Å². The van der Waals surface area contributed by atoms with Gasteiger partial charge in [-0.05, 0) is 23.3 Å². The van der Waals surface area contributed by atoms with Crippen LogP contribution in [0.15, 0.2) is 17.5 Å². The van der Waals surface area contributed by atoms with E-state index < -0.39 is 0 Å². The number of carbonyl (C=O) groups is 1. The van der Waals surface area contributed by atoms with E-state index in [4.69, 9.17) is 4.74 Å². The van der Waals surface area contributed by atoms with Gasteiger partial charge in [0.2, 0.25) is 0 Å². The van der Waals surface area contributed by atoms with Crippen LogP contribution in [0.25, 0.3) is 0 Å². The molecular weight excluding hydrogens is 232 g/mol. The Morgan fingerprint density at radius 3 is 2.53 bits per heavy atom. The Morgan fingerprint density at radius 2 is 2.00 bits per heavy atom. The molecule has 0 aromatic carbocycles. The summed E-state index contributed by atoms with van der Waals surface area (Å²) in [6, 6.07) is 4.07. The van der Waals surface area contributed by atoms with Crippen molar-refractivity contribution in [2.75, 3.05) is 0 Å². The highest BCUT2D eigenvalue weighted by molar-refractivity contribution is 7.10. The van der Waals surface area contributed by atoms with Gasteiger partial charge in [0.15, 0.2) is 0 Å². The maximum Gasteiger partial charge on any atom is 0.310 e. The van der Waals surface area contributed by atoms with Crippen LogP contribution >= 0.6 is 11.3 Å². The molecule has 1 aliphatic heterocycles. The Labute approximate surface area is 107 Å². The number of hydrogen-bond donors (Lipinski definition) is 0. The lowest BCUT2D eigenvalue weighted by atomic mass is 9.73. The van der Waals surface area contributed by atoms with E-state index in [1.165, 1.54) is 4.88 Å². The van der Waals surface area contributed by atoms with Crippen molar-refractivity contribution in [3.05, 3.63) is 22.4 Å². The van der Waals surface area contributed by atoms with Crippen LogP contribution in [-0.2, 0) is 9.53 Å². The first-order valence-electron chi connectivity index (χ1n) is 6.26. The monoisotopic (exact) mass is 252 g/mol. The van der Waals surface area contributed by atoms with Gasteiger partial charge in [-0.25, -0.2) is 0 Å². The fourth-order valence-corrected chi connectivity index (χ4v) is 3.65. The molecule has 94 valence electrons. The smallest absolute Gasteiger partial charge is 0.310 e. The number of cyclic esters (lactones) is 1. The van der Waals surface area contributed by atoms with E-state index in [0.29, 0.717) is 17.8 Å². The molecule has 2 unspecified atom stereocenters. The van der Waals surface area contributed by atoms with E-state index in [1.54, 1.807) is 11.3 Å². The van der Waals surface area contributed by atoms with Crippen LogP contribution in [0.4, 0.5) is 0 Å². The first kappa shape index (κ1) is 12.6. The van der Waals surface area contributed by atoms with Gasteiger partial charge in [-0.3, -0.25) is 4.79 Å². The molecule has 1 fully saturated rings. The highest BCUT2D eigenvalue weighted by atomic mass is 32.1. The van der Waals surface area contributed by atoms with Gasteiger partial charge in [0.1, 0.15) is 6.10 Å². The predicted octanol–water partition coefficient (Wildman–Crippen LogP) is 3.89. The van der Waals surface area contributed by atoms with Crippen molar-refractivity contribution < 1.29 is 9.53 Å². The quantitative estimate of drug-likeness (QED) is 0.746. The molecular formula is C14H20O2S. The molecule has 2 heterocycles. The van der Waals surface area contributed by atoms with E-state index >= 15 is 0 Å². The second-order valence-electron chi connectivity index (χ2n) is 5.36. The van der Waals surface area contributed by atoms with Crippen molar-refractivity contribution in [3.63, 3.8) is 0 Å². The molecule has 0 aliphatic carbocycles. The molecule has 2 nitrogen and oxygen atoms in total. The number of carbonyl (C=O) groups excluding carboxylic acids is 1. The largest absolute Gasteiger partial charge is 0.456 e. The van der Waals surface area contributed by atoms with E-state index in [-0.39, 0.29) is 18.0 Å². The molecule has 1 aromatic rings. The van der Waals surface area contributed by atoms with E-state index in [2.05, 4.69) is 33.8 Å². The summed E-state index contributed by atoms with van der Waals surface area (Å²) in [7, 11) is 0. The van der Waals surface area contributed by atoms with Crippen molar-refractivity contribution in [2.24, 2.45) is 23.7 Å². The molecule has 0 saturated carbocycles. The van der Waals surface area contributed by atoms with Gasteiger partial charge in [0.25, 0.3) is 0 Å². The lowest BCUT2D eigenvalue weighted by Crippen LogP contribution is -2.41. The van der Waals surface area contributed by atoms with Crippen LogP contribution in [0.1, 0.15) is 38.7 Å². The molecule has 17 heavy (non-hydrogen) atoms. The second-order valence-corrected chi connectivity index (χ2v) is 6.34. The minimum atomic E-state index is -0.0486. The van der Waals surface area contributed by atoms with Gasteiger partial charge < -0.3 is 4.74 Å². The zero-order chi connectivity index (χ0) is 12.6. The maximum atomic E-state index is 12.1. The van der Waals surface area contributed by atoms with Gasteiger partial charge in [-0.15, -0.1) is 11.3 Å². The van der Waals surface area contributed by atoms with E-state index in [0.717, 1.165) is 0 Å². The van der Waals surface area contributed by atoms with E-state index in [9.17, 15) is 4.79 Å². The molecule has 0 amide bonds. The van der Waals surface area contributed by atoms with Gasteiger partial charge in [-0.1, -0.05) is 33.8 Å². The van der Waals surface area contributed by atoms with Crippen molar-refractivity contribution in [1.82, 2.24) is 0 Å². The van der Waals surface area contributed by atoms with Crippen LogP contribution in [0, 0.1) is 23.7 Å². The second kappa shape index (κ2) is 4.81. The molecule has 1 aliphatic rings. The minimum absolute atomic E-state index is 0.0241. The summed E-state index contributed by atoms with van der Waals surface area (Å²) in [5.41, 5.74) is 0. The highest BCUT2D eigenvalue weighted by Crippen LogP contribution is 2.43. The number of esters is 1. The van der Waals surface area contributed by atoms with Crippen molar-refractivity contribution in [3.8, 4) is 0 Å². The Kier molecular flexibility index (Phi) is 3.57. The average Bonchev–Trinajstić information content (AvgIpc) is 2.76. The fourth-order valence-electron chi connectivity index (χ4n) is 2.78. The summed E-state index contributed by atoms with van der Waals surface area (Å²) in [5, 5.41) is 2.04. The zero-order valence-electron chi connectivity index (χ0n) is 10.8. The Morgan fingerprint density at radius 1 is 1.29 bits per heavy atom. The molecule has 1 aromatic heterocycles. The lowest BCUT2D eigenvalue weighted by molar-refractivity contribution is -0.174. The number of rotatable bonds is 2. The highest BCUT2D eigenvalue weighted by Gasteiger charge is 2.43. The summed E-state index contributed by atoms with van der Waals surface area (Å²) in [4.78, 5) is 13.2. The van der Waals surface area contributed by atoms with Crippen LogP contribution in [-0.4, -0.2) is 5.97 Å². The first-order valence-corrected chi connectivity index (χ1v) is 7.14. The third-order valence-corrected chi connectivity index (χ3v) is 4.86. The normalized spacial score (nSPS) is 33.8. The molecule has 0 spiro atoms. The molecule has 0 N–H and O–H groups in total. The molecule has 0 bridgehead atoms. The predicted molar refractivity (Wildman–Crippen MR) is 69.8 cm³/mol. The average molecular weight is 252 g/mol. The molecule has 1 saturated heterocycles.